The molecule has 1 fully saturated rings. The van der Waals surface area contributed by atoms with Crippen LogP contribution in [-0.2, 0) is 15.9 Å². The summed E-state index contributed by atoms with van der Waals surface area (Å²) in [6.07, 6.45) is -1.47. The number of allylic oxidation sites excluding steroid dienone is 1. The molecule has 158 valence electrons. The lowest BCUT2D eigenvalue weighted by atomic mass is 9.98. The van der Waals surface area contributed by atoms with E-state index in [9.17, 15) is 20.4 Å². The minimum absolute atomic E-state index is 0.0653. The number of aliphatic hydroxyl groups excluding tert-OH is 4. The molecule has 1 heterocycles. The third kappa shape index (κ3) is 6.01. The second-order valence-electron chi connectivity index (χ2n) is 7.04. The maximum atomic E-state index is 10.5. The first-order valence-electron chi connectivity index (χ1n) is 9.75. The molecular formula is C21H32O7. The fourth-order valence-corrected chi connectivity index (χ4v) is 3.13. The van der Waals surface area contributed by atoms with Crippen LogP contribution in [0.4, 0.5) is 0 Å². The molecule has 1 aromatic carbocycles. The van der Waals surface area contributed by atoms with Crippen molar-refractivity contribution >= 4 is 0 Å². The van der Waals surface area contributed by atoms with Crippen molar-refractivity contribution in [2.45, 2.75) is 56.9 Å². The van der Waals surface area contributed by atoms with Gasteiger partial charge in [-0.2, -0.15) is 0 Å². The Labute approximate surface area is 166 Å². The summed E-state index contributed by atoms with van der Waals surface area (Å²) in [5.74, 6) is 0.627. The van der Waals surface area contributed by atoms with Gasteiger partial charge >= 0.3 is 0 Å². The molecule has 28 heavy (non-hydrogen) atoms. The first-order valence-corrected chi connectivity index (χ1v) is 9.75. The lowest BCUT2D eigenvalue weighted by Crippen LogP contribution is -2.61. The molecule has 1 aromatic rings. The van der Waals surface area contributed by atoms with E-state index in [0.717, 1.165) is 18.4 Å². The van der Waals surface area contributed by atoms with Gasteiger partial charge in [0.15, 0.2) is 0 Å². The summed E-state index contributed by atoms with van der Waals surface area (Å²) in [5.41, 5.74) is 1.08. The van der Waals surface area contributed by atoms with Gasteiger partial charge in [0.25, 0.3) is 0 Å². The van der Waals surface area contributed by atoms with E-state index in [0.29, 0.717) is 12.2 Å². The topological polar surface area (TPSA) is 109 Å². The summed E-state index contributed by atoms with van der Waals surface area (Å²) < 4.78 is 17.3. The molecule has 0 aromatic heterocycles. The summed E-state index contributed by atoms with van der Waals surface area (Å²) in [4.78, 5) is 0. The number of hydrogen-bond acceptors (Lipinski definition) is 7. The summed E-state index contributed by atoms with van der Waals surface area (Å²) in [5, 5.41) is 39.4. The van der Waals surface area contributed by atoms with Crippen LogP contribution in [0.15, 0.2) is 36.9 Å². The lowest BCUT2D eigenvalue weighted by Gasteiger charge is -2.41. The Kier molecular flexibility index (Phi) is 9.37. The molecule has 7 heteroatoms. The average Bonchev–Trinajstić information content (AvgIpc) is 2.71. The zero-order valence-corrected chi connectivity index (χ0v) is 16.3. The van der Waals surface area contributed by atoms with E-state index in [-0.39, 0.29) is 19.1 Å². The summed E-state index contributed by atoms with van der Waals surface area (Å²) in [7, 11) is 0. The van der Waals surface area contributed by atoms with Gasteiger partial charge in [0, 0.05) is 13.2 Å². The molecule has 0 aliphatic carbocycles. The Hall–Kier alpha value is -1.48. The molecule has 0 spiro atoms. The fourth-order valence-electron chi connectivity index (χ4n) is 3.13. The minimum Gasteiger partial charge on any atom is -0.462 e. The Morgan fingerprint density at radius 3 is 2.46 bits per heavy atom. The van der Waals surface area contributed by atoms with Crippen molar-refractivity contribution in [1.29, 1.82) is 0 Å². The van der Waals surface area contributed by atoms with Gasteiger partial charge in [0.05, 0.1) is 6.61 Å². The van der Waals surface area contributed by atoms with Crippen molar-refractivity contribution in [3.63, 3.8) is 0 Å². The minimum atomic E-state index is -1.29. The third-order valence-corrected chi connectivity index (χ3v) is 5.05. The molecule has 0 radical (unpaired) electrons. The molecule has 0 bridgehead atoms. The van der Waals surface area contributed by atoms with Gasteiger partial charge in [0.2, 0.25) is 6.29 Å². The number of benzene rings is 1. The van der Waals surface area contributed by atoms with Gasteiger partial charge in [-0.05, 0) is 36.5 Å². The van der Waals surface area contributed by atoms with Gasteiger partial charge < -0.3 is 34.6 Å². The Morgan fingerprint density at radius 1 is 1.18 bits per heavy atom. The number of aliphatic hydroxyl groups is 4. The van der Waals surface area contributed by atoms with Gasteiger partial charge in [-0.3, -0.25) is 0 Å². The van der Waals surface area contributed by atoms with Crippen molar-refractivity contribution in [3.8, 4) is 5.75 Å². The molecule has 0 amide bonds. The second kappa shape index (κ2) is 11.5. The van der Waals surface area contributed by atoms with E-state index < -0.39 is 37.3 Å². The number of ether oxygens (including phenoxy) is 3. The highest BCUT2D eigenvalue weighted by atomic mass is 16.7. The van der Waals surface area contributed by atoms with Crippen LogP contribution < -0.4 is 4.74 Å². The van der Waals surface area contributed by atoms with Crippen molar-refractivity contribution < 1.29 is 34.6 Å². The zero-order chi connectivity index (χ0) is 20.5. The van der Waals surface area contributed by atoms with E-state index in [1.807, 2.05) is 25.1 Å². The van der Waals surface area contributed by atoms with E-state index in [1.54, 1.807) is 12.1 Å². The molecule has 0 unspecified atom stereocenters. The number of rotatable bonds is 11. The first kappa shape index (κ1) is 22.8. The average molecular weight is 396 g/mol. The van der Waals surface area contributed by atoms with Crippen molar-refractivity contribution in [2.24, 2.45) is 5.92 Å². The van der Waals surface area contributed by atoms with Gasteiger partial charge in [0.1, 0.15) is 30.2 Å². The van der Waals surface area contributed by atoms with Crippen molar-refractivity contribution in [3.05, 3.63) is 42.5 Å². The van der Waals surface area contributed by atoms with Gasteiger partial charge in [-0.1, -0.05) is 31.6 Å². The smallest absolute Gasteiger partial charge is 0.229 e. The van der Waals surface area contributed by atoms with Crippen molar-refractivity contribution in [2.75, 3.05) is 19.8 Å². The highest BCUT2D eigenvalue weighted by Crippen LogP contribution is 2.27. The van der Waals surface area contributed by atoms with Gasteiger partial charge in [-0.15, -0.1) is 6.58 Å². The molecular weight excluding hydrogens is 364 g/mol. The predicted molar refractivity (Wildman–Crippen MR) is 104 cm³/mol. The SMILES string of the molecule is C=CCc1ccc(O[C@H]2O[C@H](CO)[C@@H](O)[C@H](O)[C@@H]2OCC[C@H](CC)CO)cc1. The highest BCUT2D eigenvalue weighted by Gasteiger charge is 2.46. The number of hydrogen-bond donors (Lipinski definition) is 4. The molecule has 4 N–H and O–H groups in total. The van der Waals surface area contributed by atoms with Crippen LogP contribution in [0.1, 0.15) is 25.3 Å². The fraction of sp³-hybridized carbons (Fsp3) is 0.619. The predicted octanol–water partition coefficient (Wildman–Crippen LogP) is 1.03. The second-order valence-corrected chi connectivity index (χ2v) is 7.04. The zero-order valence-electron chi connectivity index (χ0n) is 16.3. The molecule has 1 aliphatic heterocycles. The third-order valence-electron chi connectivity index (χ3n) is 5.05. The largest absolute Gasteiger partial charge is 0.462 e. The Balaban J connectivity index is 2.07. The quantitative estimate of drug-likeness (QED) is 0.414. The molecule has 6 atom stereocenters. The van der Waals surface area contributed by atoms with Crippen LogP contribution in [0, 0.1) is 5.92 Å². The van der Waals surface area contributed by atoms with Crippen LogP contribution in [-0.4, -0.2) is 71.0 Å². The van der Waals surface area contributed by atoms with E-state index in [4.69, 9.17) is 14.2 Å². The molecule has 2 rings (SSSR count). The van der Waals surface area contributed by atoms with Crippen LogP contribution in [0.5, 0.6) is 5.75 Å². The standard InChI is InChI=1S/C21H32O7/c1-3-5-15-6-8-16(9-7-15)27-21-20(26-11-10-14(4-2)12-22)19(25)18(24)17(13-23)28-21/h3,6-9,14,17-25H,1,4-5,10-13H2,2H3/t14-,17+,18+,19-,20-,21-/m0/s1. The first-order chi connectivity index (χ1) is 13.5. The maximum Gasteiger partial charge on any atom is 0.229 e. The molecule has 7 nitrogen and oxygen atoms in total. The normalized spacial score (nSPS) is 28.7. The van der Waals surface area contributed by atoms with E-state index in [2.05, 4.69) is 6.58 Å². The lowest BCUT2D eigenvalue weighted by molar-refractivity contribution is -0.288. The molecule has 1 aliphatic rings. The van der Waals surface area contributed by atoms with Gasteiger partial charge in [-0.25, -0.2) is 0 Å². The Morgan fingerprint density at radius 2 is 1.89 bits per heavy atom. The van der Waals surface area contributed by atoms with Crippen LogP contribution in [0.25, 0.3) is 0 Å². The molecule has 1 saturated heterocycles. The summed E-state index contributed by atoms with van der Waals surface area (Å²) >= 11 is 0. The highest BCUT2D eigenvalue weighted by molar-refractivity contribution is 5.28. The summed E-state index contributed by atoms with van der Waals surface area (Å²) in [6, 6.07) is 7.36. The van der Waals surface area contributed by atoms with Crippen LogP contribution >= 0.6 is 0 Å². The molecule has 0 saturated carbocycles. The monoisotopic (exact) mass is 396 g/mol. The van der Waals surface area contributed by atoms with E-state index >= 15 is 0 Å². The van der Waals surface area contributed by atoms with E-state index in [1.165, 1.54) is 0 Å². The summed E-state index contributed by atoms with van der Waals surface area (Å²) in [6.45, 7) is 5.58. The Bertz CT molecular complexity index is 573. The van der Waals surface area contributed by atoms with Crippen molar-refractivity contribution in [1.82, 2.24) is 0 Å². The van der Waals surface area contributed by atoms with Crippen LogP contribution in [0.3, 0.4) is 0 Å². The maximum absolute atomic E-state index is 10.5. The van der Waals surface area contributed by atoms with Crippen LogP contribution in [0.2, 0.25) is 0 Å².